The summed E-state index contributed by atoms with van der Waals surface area (Å²) in [6.45, 7) is 0. The molecule has 392 valence electrons. The average molecular weight is 1070 g/mol. The highest BCUT2D eigenvalue weighted by molar-refractivity contribution is 6.26. The predicted octanol–water partition coefficient (Wildman–Crippen LogP) is 21.4. The summed E-state index contributed by atoms with van der Waals surface area (Å²) >= 11 is 0. The second kappa shape index (κ2) is 19.2. The Balaban J connectivity index is 0.000000132. The van der Waals surface area contributed by atoms with Gasteiger partial charge in [-0.05, 0) is 191 Å². The molecule has 0 spiro atoms. The van der Waals surface area contributed by atoms with E-state index in [4.69, 9.17) is 0 Å². The van der Waals surface area contributed by atoms with Crippen LogP contribution in [0.15, 0.2) is 316 Å². The van der Waals surface area contributed by atoms with Gasteiger partial charge >= 0.3 is 0 Å². The molecule has 0 aliphatic carbocycles. The van der Waals surface area contributed by atoms with Crippen molar-refractivity contribution < 1.29 is 0 Å². The fraction of sp³-hybridized carbons (Fsp3) is 0. The Labute approximate surface area is 484 Å². The van der Waals surface area contributed by atoms with E-state index in [1.54, 1.807) is 0 Å². The molecular formula is C80H52N4. The van der Waals surface area contributed by atoms with E-state index in [-0.39, 0.29) is 0 Å². The van der Waals surface area contributed by atoms with Crippen LogP contribution in [0.3, 0.4) is 0 Å². The Bertz CT molecular complexity index is 5590. The van der Waals surface area contributed by atoms with Gasteiger partial charge in [0.25, 0.3) is 0 Å². The first kappa shape index (κ1) is 47.6. The summed E-state index contributed by atoms with van der Waals surface area (Å²) in [6, 6.07) is 110. The maximum atomic E-state index is 2.42. The van der Waals surface area contributed by atoms with E-state index in [1.165, 1.54) is 154 Å². The van der Waals surface area contributed by atoms with Gasteiger partial charge in [0.15, 0.2) is 0 Å². The summed E-state index contributed by atoms with van der Waals surface area (Å²) in [5.41, 5.74) is 16.9. The Morgan fingerprint density at radius 2 is 0.583 bits per heavy atom. The third-order valence-corrected chi connectivity index (χ3v) is 17.4. The van der Waals surface area contributed by atoms with Crippen LogP contribution in [0.25, 0.3) is 154 Å². The Morgan fingerprint density at radius 1 is 0.179 bits per heavy atom. The zero-order valence-electron chi connectivity index (χ0n) is 45.8. The van der Waals surface area contributed by atoms with Crippen LogP contribution in [-0.4, -0.2) is 18.3 Å². The molecule has 0 aliphatic heterocycles. The minimum absolute atomic E-state index is 1.17. The summed E-state index contributed by atoms with van der Waals surface area (Å²) < 4.78 is 9.37. The van der Waals surface area contributed by atoms with E-state index >= 15 is 0 Å². The van der Waals surface area contributed by atoms with E-state index in [1.807, 2.05) is 0 Å². The van der Waals surface area contributed by atoms with Crippen LogP contribution in [0.1, 0.15) is 0 Å². The second-order valence-corrected chi connectivity index (χ2v) is 22.1. The first-order valence-electron chi connectivity index (χ1n) is 28.9. The molecule has 0 atom stereocenters. The molecule has 0 radical (unpaired) electrons. The zero-order chi connectivity index (χ0) is 55.2. The smallest absolute Gasteiger partial charge is 0.0547 e. The van der Waals surface area contributed by atoms with Gasteiger partial charge in [0.2, 0.25) is 0 Å². The van der Waals surface area contributed by atoms with E-state index in [0.717, 1.165) is 0 Å². The minimum atomic E-state index is 1.17. The topological polar surface area (TPSA) is 19.7 Å². The maximum absolute atomic E-state index is 2.42. The summed E-state index contributed by atoms with van der Waals surface area (Å²) in [4.78, 5) is 0. The van der Waals surface area contributed by atoms with Gasteiger partial charge in [-0.3, -0.25) is 0 Å². The van der Waals surface area contributed by atoms with Crippen molar-refractivity contribution in [3.05, 3.63) is 316 Å². The quantitative estimate of drug-likeness (QED) is 0.148. The summed E-state index contributed by atoms with van der Waals surface area (Å²) in [5.74, 6) is 0. The van der Waals surface area contributed by atoms with Crippen LogP contribution in [-0.2, 0) is 0 Å². The van der Waals surface area contributed by atoms with Gasteiger partial charge in [0.05, 0.1) is 33.1 Å². The van der Waals surface area contributed by atoms with Gasteiger partial charge in [0, 0.05) is 56.7 Å². The highest BCUT2D eigenvalue weighted by Crippen LogP contribution is 2.43. The second-order valence-electron chi connectivity index (χ2n) is 22.1. The Morgan fingerprint density at radius 3 is 1.17 bits per heavy atom. The lowest BCUT2D eigenvalue weighted by atomic mass is 9.97. The standard InChI is InChI=1S/2C40H26N2/c1-3-10-32(11-4-1)41-22-21-28-16-17-30(25-39(28)41)29-19-20-38-36(23-29)37-24-31-18-15-27-9-7-8-14-34(27)35(31)26-40(37)42(38)33-12-5-2-6-13-33;1-3-10-31(11-4-1)41-24-23-28-15-16-30(26-39(28)41)29-18-21-37-36(25-29)40-35-19-17-27-9-7-8-14-33(27)34(35)20-22-38(40)42(37)32-12-5-2-6-13-32/h2*1-26H. The van der Waals surface area contributed by atoms with E-state index < -0.39 is 0 Å². The first-order valence-corrected chi connectivity index (χ1v) is 28.9. The zero-order valence-corrected chi connectivity index (χ0v) is 45.8. The number of benzene rings is 14. The number of rotatable bonds is 6. The lowest BCUT2D eigenvalue weighted by Crippen LogP contribution is -1.93. The van der Waals surface area contributed by atoms with E-state index in [9.17, 15) is 0 Å². The van der Waals surface area contributed by atoms with Crippen LogP contribution < -0.4 is 0 Å². The molecule has 4 heteroatoms. The highest BCUT2D eigenvalue weighted by Gasteiger charge is 2.19. The lowest BCUT2D eigenvalue weighted by molar-refractivity contribution is 1.13. The van der Waals surface area contributed by atoms with Crippen molar-refractivity contribution in [1.82, 2.24) is 18.3 Å². The van der Waals surface area contributed by atoms with Gasteiger partial charge in [0.1, 0.15) is 0 Å². The molecule has 18 aromatic rings. The molecule has 0 fully saturated rings. The van der Waals surface area contributed by atoms with Crippen LogP contribution in [0, 0.1) is 0 Å². The van der Waals surface area contributed by atoms with Gasteiger partial charge in [-0.2, -0.15) is 0 Å². The fourth-order valence-corrected chi connectivity index (χ4v) is 13.4. The van der Waals surface area contributed by atoms with Gasteiger partial charge in [-0.25, -0.2) is 0 Å². The molecular weight excluding hydrogens is 1020 g/mol. The SMILES string of the molecule is c1ccc(-n2ccc3ccc(-c4ccc5c(c4)c4c6ccc7ccccc7c6ccc4n5-c4ccccc4)cc32)cc1.c1ccc(-n2ccc3ccc(-c4ccc5c(c4)c4cc6ccc7ccccc7c6cc4n5-c4ccccc4)cc32)cc1. The van der Waals surface area contributed by atoms with Crippen molar-refractivity contribution >= 4 is 109 Å². The van der Waals surface area contributed by atoms with Crippen molar-refractivity contribution in [3.63, 3.8) is 0 Å². The van der Waals surface area contributed by atoms with Crippen molar-refractivity contribution in [2.24, 2.45) is 0 Å². The van der Waals surface area contributed by atoms with Crippen LogP contribution >= 0.6 is 0 Å². The third kappa shape index (κ3) is 7.69. The molecule has 4 heterocycles. The predicted molar refractivity (Wildman–Crippen MR) is 356 cm³/mol. The molecule has 0 aliphatic rings. The van der Waals surface area contributed by atoms with E-state index in [0.29, 0.717) is 0 Å². The van der Waals surface area contributed by atoms with Crippen molar-refractivity contribution in [1.29, 1.82) is 0 Å². The Hall–Kier alpha value is -11.2. The number of hydrogen-bond acceptors (Lipinski definition) is 0. The number of aromatic nitrogens is 4. The maximum Gasteiger partial charge on any atom is 0.0547 e. The van der Waals surface area contributed by atoms with Crippen molar-refractivity contribution in [2.45, 2.75) is 0 Å². The molecule has 0 saturated carbocycles. The van der Waals surface area contributed by atoms with Gasteiger partial charge in [-0.15, -0.1) is 0 Å². The molecule has 0 N–H and O–H groups in total. The highest BCUT2D eigenvalue weighted by atomic mass is 15.0. The summed E-state index contributed by atoms with van der Waals surface area (Å²) in [7, 11) is 0. The molecule has 0 bridgehead atoms. The summed E-state index contributed by atoms with van der Waals surface area (Å²) in [5, 5.41) is 17.8. The molecule has 18 rings (SSSR count). The minimum Gasteiger partial charge on any atom is -0.317 e. The van der Waals surface area contributed by atoms with Crippen LogP contribution in [0.5, 0.6) is 0 Å². The molecule has 4 aromatic heterocycles. The molecule has 14 aromatic carbocycles. The largest absolute Gasteiger partial charge is 0.317 e. The normalized spacial score (nSPS) is 11.8. The van der Waals surface area contributed by atoms with Crippen LogP contribution in [0.2, 0.25) is 0 Å². The number of para-hydroxylation sites is 4. The molecule has 0 saturated heterocycles. The number of fused-ring (bicyclic) bond motifs is 15. The first-order chi connectivity index (χ1) is 41.6. The molecule has 0 amide bonds. The van der Waals surface area contributed by atoms with Crippen molar-refractivity contribution in [2.75, 3.05) is 0 Å². The molecule has 4 nitrogen and oxygen atoms in total. The Kier molecular flexibility index (Phi) is 10.9. The van der Waals surface area contributed by atoms with Crippen LogP contribution in [0.4, 0.5) is 0 Å². The summed E-state index contributed by atoms with van der Waals surface area (Å²) in [6.07, 6.45) is 4.33. The van der Waals surface area contributed by atoms with Gasteiger partial charge in [-0.1, -0.05) is 188 Å². The number of hydrogen-bond donors (Lipinski definition) is 0. The fourth-order valence-electron chi connectivity index (χ4n) is 13.4. The molecule has 84 heavy (non-hydrogen) atoms. The average Bonchev–Trinajstić information content (AvgIpc) is 2.31. The monoisotopic (exact) mass is 1070 g/mol. The third-order valence-electron chi connectivity index (χ3n) is 17.4. The van der Waals surface area contributed by atoms with Crippen molar-refractivity contribution in [3.8, 4) is 45.0 Å². The lowest BCUT2D eigenvalue weighted by Gasteiger charge is -2.10. The van der Waals surface area contributed by atoms with Gasteiger partial charge < -0.3 is 18.3 Å². The molecule has 0 unspecified atom stereocenters. The number of nitrogens with zero attached hydrogens (tertiary/aromatic N) is 4. The van der Waals surface area contributed by atoms with E-state index in [2.05, 4.69) is 334 Å².